The van der Waals surface area contributed by atoms with Gasteiger partial charge in [-0.3, -0.25) is 9.59 Å². The van der Waals surface area contributed by atoms with Crippen LogP contribution >= 0.6 is 0 Å². The zero-order valence-electron chi connectivity index (χ0n) is 13.0. The van der Waals surface area contributed by atoms with Crippen LogP contribution in [0.15, 0.2) is 36.4 Å². The van der Waals surface area contributed by atoms with Crippen molar-refractivity contribution >= 4 is 17.6 Å². The smallest absolute Gasteiger partial charge is 0.307 e. The normalized spacial score (nSPS) is 31.7. The number of carboxylic acids is 1. The Bertz CT molecular complexity index is 681. The number of nitrogens with zero attached hydrogens (tertiary/aromatic N) is 1. The van der Waals surface area contributed by atoms with Crippen molar-refractivity contribution in [2.24, 2.45) is 23.7 Å². The fourth-order valence-corrected chi connectivity index (χ4v) is 4.61. The molecule has 4 heteroatoms. The second-order valence-electron chi connectivity index (χ2n) is 6.90. The lowest BCUT2D eigenvalue weighted by Crippen LogP contribution is -2.51. The van der Waals surface area contributed by atoms with Crippen LogP contribution in [0.4, 0.5) is 5.69 Å². The molecule has 5 rings (SSSR count). The van der Waals surface area contributed by atoms with Gasteiger partial charge in [0.05, 0.1) is 11.8 Å². The molecule has 1 amide bonds. The van der Waals surface area contributed by atoms with Crippen molar-refractivity contribution in [2.45, 2.75) is 25.7 Å². The Kier molecular flexibility index (Phi) is 3.47. The molecule has 4 nitrogen and oxygen atoms in total. The van der Waals surface area contributed by atoms with Crippen molar-refractivity contribution in [3.63, 3.8) is 0 Å². The Morgan fingerprint density at radius 1 is 1.04 bits per heavy atom. The van der Waals surface area contributed by atoms with Gasteiger partial charge in [0, 0.05) is 12.2 Å². The predicted molar refractivity (Wildman–Crippen MR) is 87.1 cm³/mol. The highest BCUT2D eigenvalue weighted by atomic mass is 16.4. The number of hydrogen-bond acceptors (Lipinski definition) is 2. The molecule has 2 bridgehead atoms. The predicted octanol–water partition coefficient (Wildman–Crippen LogP) is 2.88. The summed E-state index contributed by atoms with van der Waals surface area (Å²) in [7, 11) is 0. The number of para-hydroxylation sites is 1. The van der Waals surface area contributed by atoms with E-state index in [9.17, 15) is 14.7 Å². The fourth-order valence-electron chi connectivity index (χ4n) is 4.61. The van der Waals surface area contributed by atoms with Crippen LogP contribution in [-0.4, -0.2) is 23.5 Å². The highest BCUT2D eigenvalue weighted by Crippen LogP contribution is 2.46. The van der Waals surface area contributed by atoms with Crippen LogP contribution in [0.5, 0.6) is 0 Å². The highest BCUT2D eigenvalue weighted by Gasteiger charge is 2.49. The van der Waals surface area contributed by atoms with Gasteiger partial charge >= 0.3 is 5.97 Å². The number of hydrogen-bond donors (Lipinski definition) is 1. The van der Waals surface area contributed by atoms with E-state index in [0.717, 1.165) is 31.4 Å². The van der Waals surface area contributed by atoms with E-state index in [1.54, 1.807) is 0 Å². The third-order valence-electron chi connectivity index (χ3n) is 5.69. The van der Waals surface area contributed by atoms with Gasteiger partial charge in [-0.05, 0) is 49.1 Å². The number of aryl methyl sites for hydroxylation is 1. The molecule has 1 heterocycles. The van der Waals surface area contributed by atoms with Crippen molar-refractivity contribution in [3.8, 4) is 0 Å². The largest absolute Gasteiger partial charge is 0.481 e. The van der Waals surface area contributed by atoms with Crippen LogP contribution < -0.4 is 4.90 Å². The number of fused-ring (bicyclic) bond motifs is 3. The quantitative estimate of drug-likeness (QED) is 0.854. The number of carbonyl (C=O) groups is 2. The summed E-state index contributed by atoms with van der Waals surface area (Å²) in [6.45, 7) is 0.694. The summed E-state index contributed by atoms with van der Waals surface area (Å²) in [5.41, 5.74) is 2.16. The van der Waals surface area contributed by atoms with E-state index in [0.29, 0.717) is 6.54 Å². The summed E-state index contributed by atoms with van der Waals surface area (Å²) in [5.74, 6) is -1.73. The van der Waals surface area contributed by atoms with Crippen LogP contribution in [-0.2, 0) is 16.0 Å². The Hall–Kier alpha value is -2.10. The molecular formula is C19H21NO3. The average molecular weight is 311 g/mol. The van der Waals surface area contributed by atoms with Gasteiger partial charge in [0.1, 0.15) is 0 Å². The fraction of sp³-hybridized carbons (Fsp3) is 0.474. The lowest BCUT2D eigenvalue weighted by molar-refractivity contribution is -0.152. The van der Waals surface area contributed by atoms with Crippen LogP contribution in [0.25, 0.3) is 0 Å². The van der Waals surface area contributed by atoms with Gasteiger partial charge in [-0.2, -0.15) is 0 Å². The lowest BCUT2D eigenvalue weighted by Gasteiger charge is -2.44. The van der Waals surface area contributed by atoms with E-state index >= 15 is 0 Å². The van der Waals surface area contributed by atoms with Crippen LogP contribution in [0.1, 0.15) is 24.8 Å². The molecule has 120 valence electrons. The summed E-state index contributed by atoms with van der Waals surface area (Å²) in [5, 5.41) is 9.67. The Morgan fingerprint density at radius 2 is 1.74 bits per heavy atom. The number of carboxylic acid groups (broad SMARTS) is 1. The van der Waals surface area contributed by atoms with Gasteiger partial charge in [0.2, 0.25) is 5.91 Å². The standard InChI is InChI=1S/C19H21NO3/c21-18(20-11-3-5-12-4-1-2-6-15(12)20)16-13-7-9-14(10-8-13)17(16)19(22)23/h1-2,4,6-7,9,13-14,16-17H,3,5,8,10-11H2,(H,22,23). The Balaban J connectivity index is 1.69. The average Bonchev–Trinajstić information content (AvgIpc) is 2.60. The van der Waals surface area contributed by atoms with E-state index < -0.39 is 17.8 Å². The summed E-state index contributed by atoms with van der Waals surface area (Å²) in [6.07, 6.45) is 7.83. The number of rotatable bonds is 2. The first-order valence-corrected chi connectivity index (χ1v) is 8.47. The third-order valence-corrected chi connectivity index (χ3v) is 5.69. The van der Waals surface area contributed by atoms with Gasteiger partial charge in [-0.1, -0.05) is 30.4 Å². The number of carbonyl (C=O) groups excluding carboxylic acids is 1. The second kappa shape index (κ2) is 5.52. The van der Waals surface area contributed by atoms with Crippen LogP contribution in [0, 0.1) is 23.7 Å². The Labute approximate surface area is 135 Å². The molecule has 1 aliphatic heterocycles. The van der Waals surface area contributed by atoms with Gasteiger partial charge < -0.3 is 10.0 Å². The molecule has 1 fully saturated rings. The first kappa shape index (κ1) is 14.5. The van der Waals surface area contributed by atoms with Crippen LogP contribution in [0.3, 0.4) is 0 Å². The molecule has 4 aliphatic rings. The third kappa shape index (κ3) is 2.28. The SMILES string of the molecule is O=C(O)C1C2C=CC(CC2)C1C(=O)N1CCCc2ccccc21. The van der Waals surface area contributed by atoms with Crippen molar-refractivity contribution in [1.82, 2.24) is 0 Å². The number of amides is 1. The number of anilines is 1. The minimum Gasteiger partial charge on any atom is -0.481 e. The van der Waals surface area contributed by atoms with Gasteiger partial charge in [-0.25, -0.2) is 0 Å². The van der Waals surface area contributed by atoms with E-state index in [4.69, 9.17) is 0 Å². The molecule has 4 atom stereocenters. The van der Waals surface area contributed by atoms with Crippen LogP contribution in [0.2, 0.25) is 0 Å². The van der Waals surface area contributed by atoms with Crippen molar-refractivity contribution in [3.05, 3.63) is 42.0 Å². The van der Waals surface area contributed by atoms with Gasteiger partial charge in [-0.15, -0.1) is 0 Å². The minimum absolute atomic E-state index is 0.00333. The van der Waals surface area contributed by atoms with E-state index in [1.165, 1.54) is 5.56 Å². The molecule has 1 N–H and O–H groups in total. The number of allylic oxidation sites excluding steroid dienone is 2. The molecule has 1 aromatic rings. The number of aliphatic carboxylic acids is 1. The van der Waals surface area contributed by atoms with Crippen molar-refractivity contribution in [1.29, 1.82) is 0 Å². The zero-order valence-corrected chi connectivity index (χ0v) is 13.0. The highest BCUT2D eigenvalue weighted by molar-refractivity contribution is 5.99. The molecular weight excluding hydrogens is 290 g/mol. The minimum atomic E-state index is -0.826. The molecule has 0 saturated heterocycles. The summed E-state index contributed by atoms with van der Waals surface area (Å²) >= 11 is 0. The molecule has 3 aliphatic carbocycles. The molecule has 0 radical (unpaired) electrons. The first-order valence-electron chi connectivity index (χ1n) is 8.47. The molecule has 4 unspecified atom stereocenters. The monoisotopic (exact) mass is 311 g/mol. The number of benzene rings is 1. The van der Waals surface area contributed by atoms with Gasteiger partial charge in [0.25, 0.3) is 0 Å². The topological polar surface area (TPSA) is 57.6 Å². The van der Waals surface area contributed by atoms with E-state index in [1.807, 2.05) is 29.2 Å². The molecule has 0 aromatic heterocycles. The summed E-state index contributed by atoms with van der Waals surface area (Å²) in [4.78, 5) is 26.9. The zero-order chi connectivity index (χ0) is 16.0. The van der Waals surface area contributed by atoms with Gasteiger partial charge in [0.15, 0.2) is 0 Å². The Morgan fingerprint density at radius 3 is 2.43 bits per heavy atom. The second-order valence-corrected chi connectivity index (χ2v) is 6.90. The molecule has 1 aromatic carbocycles. The lowest BCUT2D eigenvalue weighted by atomic mass is 9.61. The molecule has 0 spiro atoms. The van der Waals surface area contributed by atoms with Crippen molar-refractivity contribution < 1.29 is 14.7 Å². The maximum absolute atomic E-state index is 13.2. The molecule has 23 heavy (non-hydrogen) atoms. The van der Waals surface area contributed by atoms with E-state index in [-0.39, 0.29) is 17.7 Å². The first-order chi connectivity index (χ1) is 11.2. The maximum atomic E-state index is 13.2. The van der Waals surface area contributed by atoms with E-state index in [2.05, 4.69) is 12.1 Å². The maximum Gasteiger partial charge on any atom is 0.307 e. The molecule has 1 saturated carbocycles. The summed E-state index contributed by atoms with van der Waals surface area (Å²) < 4.78 is 0. The van der Waals surface area contributed by atoms with Crippen molar-refractivity contribution in [2.75, 3.05) is 11.4 Å². The summed E-state index contributed by atoms with van der Waals surface area (Å²) in [6, 6.07) is 8.00.